The number of benzene rings is 2. The molecular weight excluding hydrogens is 343 g/mol. The van der Waals surface area contributed by atoms with Crippen LogP contribution in [-0.4, -0.2) is 43.7 Å². The average molecular weight is 368 g/mol. The molecule has 4 nitrogen and oxygen atoms in total. The van der Waals surface area contributed by atoms with Gasteiger partial charge >= 0.3 is 0 Å². The van der Waals surface area contributed by atoms with Crippen LogP contribution in [0.2, 0.25) is 0 Å². The molecule has 2 aromatic carbocycles. The summed E-state index contributed by atoms with van der Waals surface area (Å²) >= 11 is 0. The minimum Gasteiger partial charge on any atom is -0.379 e. The number of hydrogen-bond donors (Lipinski definition) is 1. The summed E-state index contributed by atoms with van der Waals surface area (Å²) in [6.45, 7) is 5.40. The Morgan fingerprint density at radius 1 is 1.15 bits per heavy atom. The number of rotatable bonds is 6. The second-order valence-electron chi connectivity index (χ2n) is 6.70. The highest BCUT2D eigenvalue weighted by atomic mass is 19.1. The fourth-order valence-corrected chi connectivity index (χ4v) is 3.14. The van der Waals surface area contributed by atoms with Crippen molar-refractivity contribution in [3.8, 4) is 0 Å². The van der Waals surface area contributed by atoms with E-state index in [1.54, 1.807) is 24.3 Å². The van der Waals surface area contributed by atoms with Gasteiger partial charge < -0.3 is 10.1 Å². The molecule has 142 valence electrons. The number of halogens is 1. The Balaban J connectivity index is 1.63. The molecule has 27 heavy (non-hydrogen) atoms. The molecular formula is C22H25FN2O2. The Morgan fingerprint density at radius 3 is 2.48 bits per heavy atom. The molecule has 2 aromatic rings. The predicted molar refractivity (Wildman–Crippen MR) is 105 cm³/mol. The second-order valence-corrected chi connectivity index (χ2v) is 6.70. The Kier molecular flexibility index (Phi) is 6.74. The minimum atomic E-state index is -0.260. The summed E-state index contributed by atoms with van der Waals surface area (Å²) in [7, 11) is 0. The van der Waals surface area contributed by atoms with E-state index < -0.39 is 0 Å². The summed E-state index contributed by atoms with van der Waals surface area (Å²) in [5.74, 6) is -0.402. The van der Waals surface area contributed by atoms with Gasteiger partial charge in [0.25, 0.3) is 0 Å². The van der Waals surface area contributed by atoms with E-state index in [9.17, 15) is 9.18 Å². The van der Waals surface area contributed by atoms with Crippen LogP contribution in [0.5, 0.6) is 0 Å². The molecule has 0 aromatic heterocycles. The number of nitrogens with zero attached hydrogens (tertiary/aromatic N) is 1. The first-order valence-corrected chi connectivity index (χ1v) is 9.22. The number of nitrogens with one attached hydrogen (secondary N) is 1. The number of hydrogen-bond acceptors (Lipinski definition) is 3. The molecule has 1 atom stereocenters. The maximum Gasteiger partial charge on any atom is 0.244 e. The van der Waals surface area contributed by atoms with Gasteiger partial charge in [-0.3, -0.25) is 9.69 Å². The van der Waals surface area contributed by atoms with Crippen molar-refractivity contribution < 1.29 is 13.9 Å². The summed E-state index contributed by atoms with van der Waals surface area (Å²) in [4.78, 5) is 14.5. The number of ether oxygens (including phenoxy) is 1. The van der Waals surface area contributed by atoms with Crippen LogP contribution in [-0.2, 0) is 9.53 Å². The highest BCUT2D eigenvalue weighted by Crippen LogP contribution is 2.21. The monoisotopic (exact) mass is 368 g/mol. The number of carbonyl (C=O) groups excluding carboxylic acids is 1. The number of morpholine rings is 1. The van der Waals surface area contributed by atoms with Crippen molar-refractivity contribution in [1.82, 2.24) is 10.2 Å². The molecule has 0 bridgehead atoms. The molecule has 1 unspecified atom stereocenters. The van der Waals surface area contributed by atoms with Crippen molar-refractivity contribution in [3.63, 3.8) is 0 Å². The average Bonchev–Trinajstić information content (AvgIpc) is 2.70. The molecule has 0 aliphatic carbocycles. The van der Waals surface area contributed by atoms with E-state index >= 15 is 0 Å². The van der Waals surface area contributed by atoms with E-state index in [1.807, 2.05) is 31.2 Å². The molecule has 5 heteroatoms. The largest absolute Gasteiger partial charge is 0.379 e. The van der Waals surface area contributed by atoms with Crippen LogP contribution >= 0.6 is 0 Å². The van der Waals surface area contributed by atoms with Crippen molar-refractivity contribution >= 4 is 12.0 Å². The lowest BCUT2D eigenvalue weighted by Crippen LogP contribution is -2.43. The zero-order chi connectivity index (χ0) is 19.1. The Hall–Kier alpha value is -2.50. The van der Waals surface area contributed by atoms with Crippen LogP contribution in [0.3, 0.4) is 0 Å². The summed E-state index contributed by atoms with van der Waals surface area (Å²) in [6.07, 6.45) is 3.35. The summed E-state index contributed by atoms with van der Waals surface area (Å²) in [6, 6.07) is 14.5. The van der Waals surface area contributed by atoms with Crippen molar-refractivity contribution in [2.45, 2.75) is 13.0 Å². The highest BCUT2D eigenvalue weighted by molar-refractivity contribution is 5.91. The van der Waals surface area contributed by atoms with Gasteiger partial charge in [0.1, 0.15) is 5.82 Å². The first kappa shape index (κ1) is 19.3. The van der Waals surface area contributed by atoms with E-state index in [4.69, 9.17) is 4.74 Å². The molecule has 1 heterocycles. The van der Waals surface area contributed by atoms with Crippen molar-refractivity contribution in [2.24, 2.45) is 0 Å². The van der Waals surface area contributed by atoms with Gasteiger partial charge in [-0.05, 0) is 36.3 Å². The quantitative estimate of drug-likeness (QED) is 0.795. The Labute approximate surface area is 159 Å². The lowest BCUT2D eigenvalue weighted by Gasteiger charge is -2.34. The Bertz CT molecular complexity index is 766. The fraction of sp³-hybridized carbons (Fsp3) is 0.318. The molecule has 1 aliphatic rings. The maximum atomic E-state index is 13.3. The minimum absolute atomic E-state index is 0.00813. The van der Waals surface area contributed by atoms with Crippen LogP contribution in [0.1, 0.15) is 22.7 Å². The first-order chi connectivity index (χ1) is 13.1. The first-order valence-electron chi connectivity index (χ1n) is 9.22. The standard InChI is InChI=1S/C22H25FN2O2/c1-17-2-4-18(5-3-17)6-11-22(26)24-16-21(25-12-14-27-15-13-25)19-7-9-20(23)10-8-19/h2-11,21H,12-16H2,1H3,(H,24,26)/b11-6+. The van der Waals surface area contributed by atoms with Gasteiger partial charge in [0.2, 0.25) is 5.91 Å². The van der Waals surface area contributed by atoms with E-state index in [-0.39, 0.29) is 17.8 Å². The lowest BCUT2D eigenvalue weighted by molar-refractivity contribution is -0.116. The number of aryl methyl sites for hydroxylation is 1. The van der Waals surface area contributed by atoms with Crippen LogP contribution in [0.4, 0.5) is 4.39 Å². The zero-order valence-corrected chi connectivity index (χ0v) is 15.5. The summed E-state index contributed by atoms with van der Waals surface area (Å²) < 4.78 is 18.7. The van der Waals surface area contributed by atoms with Gasteiger partial charge in [-0.25, -0.2) is 4.39 Å². The highest BCUT2D eigenvalue weighted by Gasteiger charge is 2.23. The smallest absolute Gasteiger partial charge is 0.244 e. The normalized spacial score (nSPS) is 16.4. The van der Waals surface area contributed by atoms with Crippen LogP contribution < -0.4 is 5.32 Å². The number of amides is 1. The van der Waals surface area contributed by atoms with Gasteiger partial charge in [0.05, 0.1) is 19.3 Å². The lowest BCUT2D eigenvalue weighted by atomic mass is 10.0. The topological polar surface area (TPSA) is 41.6 Å². The molecule has 3 rings (SSSR count). The van der Waals surface area contributed by atoms with Crippen LogP contribution in [0.15, 0.2) is 54.6 Å². The SMILES string of the molecule is Cc1ccc(/C=C/C(=O)NCC(c2ccc(F)cc2)N2CCOCC2)cc1. The molecule has 0 spiro atoms. The summed E-state index contributed by atoms with van der Waals surface area (Å²) in [5, 5.41) is 2.97. The molecule has 1 aliphatic heterocycles. The second kappa shape index (κ2) is 9.44. The van der Waals surface area contributed by atoms with Crippen molar-refractivity contribution in [3.05, 3.63) is 77.1 Å². The van der Waals surface area contributed by atoms with Crippen molar-refractivity contribution in [1.29, 1.82) is 0 Å². The third kappa shape index (κ3) is 5.74. The van der Waals surface area contributed by atoms with E-state index in [2.05, 4.69) is 10.2 Å². The molecule has 1 amide bonds. The third-order valence-corrected chi connectivity index (χ3v) is 4.72. The number of carbonyl (C=O) groups is 1. The molecule has 1 N–H and O–H groups in total. The molecule has 0 saturated carbocycles. The van der Waals surface area contributed by atoms with E-state index in [0.29, 0.717) is 19.8 Å². The molecule has 0 radical (unpaired) electrons. The van der Waals surface area contributed by atoms with Gasteiger partial charge in [0.15, 0.2) is 0 Å². The van der Waals surface area contributed by atoms with Gasteiger partial charge in [0, 0.05) is 25.7 Å². The molecule has 1 saturated heterocycles. The predicted octanol–water partition coefficient (Wildman–Crippen LogP) is 3.34. The van der Waals surface area contributed by atoms with Crippen LogP contribution in [0, 0.1) is 12.7 Å². The Morgan fingerprint density at radius 2 is 1.81 bits per heavy atom. The van der Waals surface area contributed by atoms with E-state index in [1.165, 1.54) is 17.7 Å². The summed E-state index contributed by atoms with van der Waals surface area (Å²) in [5.41, 5.74) is 3.16. The van der Waals surface area contributed by atoms with Crippen LogP contribution in [0.25, 0.3) is 6.08 Å². The third-order valence-electron chi connectivity index (χ3n) is 4.72. The maximum absolute atomic E-state index is 13.3. The zero-order valence-electron chi connectivity index (χ0n) is 15.5. The van der Waals surface area contributed by atoms with E-state index in [0.717, 1.165) is 24.2 Å². The van der Waals surface area contributed by atoms with Gasteiger partial charge in [-0.2, -0.15) is 0 Å². The fourth-order valence-electron chi connectivity index (χ4n) is 3.14. The van der Waals surface area contributed by atoms with Gasteiger partial charge in [-0.15, -0.1) is 0 Å². The molecule has 1 fully saturated rings. The van der Waals surface area contributed by atoms with Gasteiger partial charge in [-0.1, -0.05) is 42.0 Å². The van der Waals surface area contributed by atoms with Crippen molar-refractivity contribution in [2.75, 3.05) is 32.8 Å².